The average Bonchev–Trinajstić information content (AvgIpc) is 2.99. The molecule has 0 aromatic rings. The van der Waals surface area contributed by atoms with Crippen LogP contribution in [-0.4, -0.2) is 43.0 Å². The zero-order chi connectivity index (χ0) is 13.0. The van der Waals surface area contributed by atoms with Gasteiger partial charge in [-0.25, -0.2) is 0 Å². The molecule has 2 atom stereocenters. The van der Waals surface area contributed by atoms with Gasteiger partial charge in [-0.2, -0.15) is 0 Å². The summed E-state index contributed by atoms with van der Waals surface area (Å²) in [5.41, 5.74) is 5.75. The van der Waals surface area contributed by atoms with Gasteiger partial charge in [0.05, 0.1) is 5.92 Å². The molecule has 0 heterocycles. The molecule has 0 bridgehead atoms. The van der Waals surface area contributed by atoms with Crippen LogP contribution in [0, 0.1) is 5.92 Å². The summed E-state index contributed by atoms with van der Waals surface area (Å²) in [6.45, 7) is 1.68. The van der Waals surface area contributed by atoms with Gasteiger partial charge in [-0.05, 0) is 26.3 Å². The number of rotatable bonds is 5. The molecule has 2 aliphatic carbocycles. The summed E-state index contributed by atoms with van der Waals surface area (Å²) >= 11 is 0. The Morgan fingerprint density at radius 3 is 2.72 bits per heavy atom. The normalized spacial score (nSPS) is 28.2. The van der Waals surface area contributed by atoms with Crippen LogP contribution in [0.15, 0.2) is 12.2 Å². The van der Waals surface area contributed by atoms with E-state index in [4.69, 9.17) is 5.73 Å². The Hall–Kier alpha value is -0.870. The summed E-state index contributed by atoms with van der Waals surface area (Å²) in [7, 11) is 2.16. The van der Waals surface area contributed by atoms with Crippen molar-refractivity contribution in [3.63, 3.8) is 0 Å². The van der Waals surface area contributed by atoms with Crippen LogP contribution in [-0.2, 0) is 4.79 Å². The quantitative estimate of drug-likeness (QED) is 0.713. The number of likely N-dealkylation sites (N-methyl/N-ethyl adjacent to an activating group) is 1. The van der Waals surface area contributed by atoms with E-state index in [0.29, 0.717) is 0 Å². The smallest absolute Gasteiger partial charge is 0.227 e. The Bertz CT molecular complexity index is 310. The molecule has 0 radical (unpaired) electrons. The number of hydrogen-bond acceptors (Lipinski definition) is 3. The number of carbonyl (C=O) groups is 1. The first-order valence-corrected chi connectivity index (χ1v) is 7.08. The van der Waals surface area contributed by atoms with Gasteiger partial charge in [0.2, 0.25) is 5.91 Å². The first-order chi connectivity index (χ1) is 8.66. The highest BCUT2D eigenvalue weighted by Gasteiger charge is 2.23. The lowest BCUT2D eigenvalue weighted by molar-refractivity contribution is -0.123. The molecule has 1 saturated carbocycles. The van der Waals surface area contributed by atoms with Gasteiger partial charge in [-0.3, -0.25) is 4.79 Å². The molecule has 102 valence electrons. The molecule has 2 rings (SSSR count). The van der Waals surface area contributed by atoms with Crippen LogP contribution < -0.4 is 11.1 Å². The zero-order valence-corrected chi connectivity index (χ0v) is 11.3. The van der Waals surface area contributed by atoms with E-state index >= 15 is 0 Å². The summed E-state index contributed by atoms with van der Waals surface area (Å²) in [5, 5.41) is 3.01. The first-order valence-electron chi connectivity index (χ1n) is 7.08. The Balaban J connectivity index is 1.62. The topological polar surface area (TPSA) is 58.4 Å². The number of amides is 1. The van der Waals surface area contributed by atoms with Gasteiger partial charge in [0.15, 0.2) is 0 Å². The van der Waals surface area contributed by atoms with Crippen molar-refractivity contribution in [3.05, 3.63) is 12.2 Å². The zero-order valence-electron chi connectivity index (χ0n) is 11.3. The van der Waals surface area contributed by atoms with Crippen molar-refractivity contribution < 1.29 is 4.79 Å². The van der Waals surface area contributed by atoms with E-state index in [2.05, 4.69) is 17.3 Å². The standard InChI is InChI=1S/C14H25N3O/c1-17(13-4-2-3-5-13)9-8-16-14(18)11-6-7-12(15)10-11/h6-7,11-13H,2-5,8-10,15H2,1H3,(H,16,18). The first kappa shape index (κ1) is 13.6. The number of carbonyl (C=O) groups excluding carboxylic acids is 1. The molecule has 2 aliphatic rings. The van der Waals surface area contributed by atoms with Gasteiger partial charge >= 0.3 is 0 Å². The Morgan fingerprint density at radius 1 is 1.39 bits per heavy atom. The van der Waals surface area contributed by atoms with Crippen molar-refractivity contribution in [2.75, 3.05) is 20.1 Å². The maximum absolute atomic E-state index is 11.9. The molecule has 1 fully saturated rings. The third-order valence-corrected chi connectivity index (χ3v) is 4.17. The van der Waals surface area contributed by atoms with E-state index in [9.17, 15) is 4.79 Å². The van der Waals surface area contributed by atoms with Gasteiger partial charge in [-0.1, -0.05) is 25.0 Å². The average molecular weight is 251 g/mol. The highest BCUT2D eigenvalue weighted by molar-refractivity contribution is 5.81. The molecule has 1 amide bonds. The van der Waals surface area contributed by atoms with Gasteiger partial charge < -0.3 is 16.0 Å². The lowest BCUT2D eigenvalue weighted by Crippen LogP contribution is -2.39. The Labute approximate surface area is 110 Å². The minimum Gasteiger partial charge on any atom is -0.354 e. The summed E-state index contributed by atoms with van der Waals surface area (Å²) in [4.78, 5) is 14.2. The van der Waals surface area contributed by atoms with Crippen LogP contribution in [0.3, 0.4) is 0 Å². The van der Waals surface area contributed by atoms with E-state index in [1.165, 1.54) is 25.7 Å². The van der Waals surface area contributed by atoms with Crippen LogP contribution in [0.1, 0.15) is 32.1 Å². The molecule has 4 nitrogen and oxygen atoms in total. The molecular weight excluding hydrogens is 226 g/mol. The molecule has 18 heavy (non-hydrogen) atoms. The van der Waals surface area contributed by atoms with E-state index in [1.54, 1.807) is 0 Å². The maximum Gasteiger partial charge on any atom is 0.227 e. The SMILES string of the molecule is CN(CCNC(=O)C1C=CC(N)C1)C1CCCC1. The van der Waals surface area contributed by atoms with E-state index < -0.39 is 0 Å². The third kappa shape index (κ3) is 3.56. The molecule has 3 N–H and O–H groups in total. The second kappa shape index (κ2) is 6.34. The van der Waals surface area contributed by atoms with E-state index in [1.807, 2.05) is 12.2 Å². The van der Waals surface area contributed by atoms with Crippen molar-refractivity contribution >= 4 is 5.91 Å². The molecule has 0 aromatic carbocycles. The molecule has 0 aromatic heterocycles. The van der Waals surface area contributed by atoms with Crippen molar-refractivity contribution in [1.82, 2.24) is 10.2 Å². The molecule has 0 spiro atoms. The highest BCUT2D eigenvalue weighted by atomic mass is 16.1. The summed E-state index contributed by atoms with van der Waals surface area (Å²) in [6, 6.07) is 0.781. The summed E-state index contributed by atoms with van der Waals surface area (Å²) in [6.07, 6.45) is 9.94. The fraction of sp³-hybridized carbons (Fsp3) is 0.786. The summed E-state index contributed by atoms with van der Waals surface area (Å²) < 4.78 is 0. The Morgan fingerprint density at radius 2 is 2.11 bits per heavy atom. The number of nitrogens with zero attached hydrogens (tertiary/aromatic N) is 1. The predicted molar refractivity (Wildman–Crippen MR) is 73.1 cm³/mol. The van der Waals surface area contributed by atoms with Crippen LogP contribution in [0.25, 0.3) is 0 Å². The molecule has 0 saturated heterocycles. The fourth-order valence-corrected chi connectivity index (χ4v) is 2.94. The van der Waals surface area contributed by atoms with Crippen LogP contribution >= 0.6 is 0 Å². The minimum absolute atomic E-state index is 0.0169. The lowest BCUT2D eigenvalue weighted by Gasteiger charge is -2.24. The van der Waals surface area contributed by atoms with Crippen molar-refractivity contribution in [2.45, 2.75) is 44.2 Å². The maximum atomic E-state index is 11.9. The fourth-order valence-electron chi connectivity index (χ4n) is 2.94. The molecule has 0 aliphatic heterocycles. The lowest BCUT2D eigenvalue weighted by atomic mass is 10.1. The second-order valence-electron chi connectivity index (χ2n) is 5.60. The van der Waals surface area contributed by atoms with Gasteiger partial charge in [0.25, 0.3) is 0 Å². The van der Waals surface area contributed by atoms with Crippen LogP contribution in [0.2, 0.25) is 0 Å². The van der Waals surface area contributed by atoms with Crippen molar-refractivity contribution in [3.8, 4) is 0 Å². The summed E-state index contributed by atoms with van der Waals surface area (Å²) in [5.74, 6) is 0.107. The van der Waals surface area contributed by atoms with Gasteiger partial charge in [-0.15, -0.1) is 0 Å². The predicted octanol–water partition coefficient (Wildman–Crippen LogP) is 0.880. The Kier molecular flexibility index (Phi) is 4.78. The molecule has 4 heteroatoms. The minimum atomic E-state index is -0.0169. The van der Waals surface area contributed by atoms with E-state index in [-0.39, 0.29) is 17.9 Å². The number of hydrogen-bond donors (Lipinski definition) is 2. The van der Waals surface area contributed by atoms with Crippen LogP contribution in [0.4, 0.5) is 0 Å². The molecule has 2 unspecified atom stereocenters. The van der Waals surface area contributed by atoms with Gasteiger partial charge in [0, 0.05) is 25.2 Å². The number of nitrogens with two attached hydrogens (primary N) is 1. The van der Waals surface area contributed by atoms with Crippen molar-refractivity contribution in [1.29, 1.82) is 0 Å². The third-order valence-electron chi connectivity index (χ3n) is 4.17. The largest absolute Gasteiger partial charge is 0.354 e. The number of nitrogens with one attached hydrogen (secondary N) is 1. The highest BCUT2D eigenvalue weighted by Crippen LogP contribution is 2.22. The van der Waals surface area contributed by atoms with E-state index in [0.717, 1.165) is 25.6 Å². The monoisotopic (exact) mass is 251 g/mol. The van der Waals surface area contributed by atoms with Crippen LogP contribution in [0.5, 0.6) is 0 Å². The van der Waals surface area contributed by atoms with Gasteiger partial charge in [0.1, 0.15) is 0 Å². The van der Waals surface area contributed by atoms with Crippen molar-refractivity contribution in [2.24, 2.45) is 11.7 Å². The molecular formula is C14H25N3O. The second-order valence-corrected chi connectivity index (χ2v) is 5.60.